The van der Waals surface area contributed by atoms with Crippen LogP contribution in [0, 0.1) is 5.92 Å². The Morgan fingerprint density at radius 1 is 1.25 bits per heavy atom. The van der Waals surface area contributed by atoms with Crippen molar-refractivity contribution in [2.45, 2.75) is 88.6 Å². The molecule has 0 amide bonds. The topological polar surface area (TPSA) is 26.3 Å². The summed E-state index contributed by atoms with van der Waals surface area (Å²) in [7, 11) is -2.45. The van der Waals surface area contributed by atoms with Gasteiger partial charge in [0.2, 0.25) is 0 Å². The zero-order valence-electron chi connectivity index (χ0n) is 18.7. The Hall–Kier alpha value is -0.103. The number of thioether (sulfide) groups is 1. The summed E-state index contributed by atoms with van der Waals surface area (Å²) in [6.07, 6.45) is 5.70. The van der Waals surface area contributed by atoms with Crippen LogP contribution in [0.25, 0.3) is 0 Å². The highest BCUT2D eigenvalue weighted by molar-refractivity contribution is 8.11. The minimum atomic E-state index is -1.82. The molecule has 1 aliphatic heterocycles. The largest absolute Gasteiger partial charge is 0.414 e. The molecule has 5 heteroatoms. The van der Waals surface area contributed by atoms with Gasteiger partial charge in [-0.1, -0.05) is 58.0 Å². The minimum Gasteiger partial charge on any atom is -0.414 e. The van der Waals surface area contributed by atoms with Crippen molar-refractivity contribution in [2.24, 2.45) is 5.92 Å². The normalized spacial score (nSPS) is 23.4. The molecular formula is C23H40O2S2Si. The van der Waals surface area contributed by atoms with Gasteiger partial charge in [-0.25, -0.2) is 0 Å². The molecule has 0 N–H and O–H groups in total. The van der Waals surface area contributed by atoms with Crippen LogP contribution >= 0.6 is 11.8 Å². The standard InChI is InChI=1S/C23H40O2S2Si/c1-19(18-20-12-8-7-9-13-20)21(25-28(5,6)23(2,3)4)14-10-15-22-26-16-11-17-27(22)24/h7-9,12-13,19,21-22H,10-11,14-18H2,1-6H3/t19-,21-,22?,27?/m1/s1. The Kier molecular flexibility index (Phi) is 9.31. The summed E-state index contributed by atoms with van der Waals surface area (Å²) in [6.45, 7) is 14.0. The average Bonchev–Trinajstić information content (AvgIpc) is 2.62. The summed E-state index contributed by atoms with van der Waals surface area (Å²) < 4.78 is 19.5. The summed E-state index contributed by atoms with van der Waals surface area (Å²) in [6, 6.07) is 10.8. The van der Waals surface area contributed by atoms with E-state index in [9.17, 15) is 4.21 Å². The molecule has 0 radical (unpaired) electrons. The number of hydrogen-bond acceptors (Lipinski definition) is 3. The SMILES string of the molecule is C[C@H](Cc1ccccc1)[C@@H](CCCC1SCCCS1=O)O[Si](C)(C)C(C)(C)C. The van der Waals surface area contributed by atoms with E-state index in [2.05, 4.69) is 71.1 Å². The van der Waals surface area contributed by atoms with Crippen LogP contribution in [0.1, 0.15) is 58.9 Å². The van der Waals surface area contributed by atoms with Gasteiger partial charge in [0.25, 0.3) is 0 Å². The fourth-order valence-corrected chi connectivity index (χ4v) is 8.31. The predicted molar refractivity (Wildman–Crippen MR) is 129 cm³/mol. The highest BCUT2D eigenvalue weighted by atomic mass is 32.2. The van der Waals surface area contributed by atoms with E-state index in [-0.39, 0.29) is 11.1 Å². The van der Waals surface area contributed by atoms with E-state index in [4.69, 9.17) is 4.43 Å². The van der Waals surface area contributed by atoms with Crippen LogP contribution in [0.4, 0.5) is 0 Å². The fourth-order valence-electron chi connectivity index (χ4n) is 3.46. The molecule has 0 bridgehead atoms. The predicted octanol–water partition coefficient (Wildman–Crippen LogP) is 6.64. The van der Waals surface area contributed by atoms with Crippen molar-refractivity contribution in [3.8, 4) is 0 Å². The van der Waals surface area contributed by atoms with Gasteiger partial charge in [0, 0.05) is 22.7 Å². The van der Waals surface area contributed by atoms with Crippen molar-refractivity contribution >= 4 is 30.9 Å². The van der Waals surface area contributed by atoms with Crippen LogP contribution in [0.5, 0.6) is 0 Å². The van der Waals surface area contributed by atoms with Crippen molar-refractivity contribution in [1.82, 2.24) is 0 Å². The van der Waals surface area contributed by atoms with E-state index in [0.717, 1.165) is 37.9 Å². The molecule has 1 aliphatic rings. The third kappa shape index (κ3) is 7.30. The monoisotopic (exact) mass is 440 g/mol. The summed E-state index contributed by atoms with van der Waals surface area (Å²) in [4.78, 5) is 0. The molecule has 0 aliphatic carbocycles. The van der Waals surface area contributed by atoms with Crippen LogP contribution in [0.15, 0.2) is 30.3 Å². The lowest BCUT2D eigenvalue weighted by atomic mass is 9.93. The quantitative estimate of drug-likeness (QED) is 0.403. The lowest BCUT2D eigenvalue weighted by molar-refractivity contribution is 0.114. The first-order chi connectivity index (χ1) is 13.1. The zero-order valence-corrected chi connectivity index (χ0v) is 21.3. The number of hydrogen-bond donors (Lipinski definition) is 0. The zero-order chi connectivity index (χ0) is 20.8. The van der Waals surface area contributed by atoms with Gasteiger partial charge < -0.3 is 4.43 Å². The molecule has 0 spiro atoms. The highest BCUT2D eigenvalue weighted by Crippen LogP contribution is 2.39. The molecule has 2 unspecified atom stereocenters. The molecule has 1 fully saturated rings. The van der Waals surface area contributed by atoms with Gasteiger partial charge in [-0.2, -0.15) is 0 Å². The first-order valence-electron chi connectivity index (χ1n) is 10.8. The summed E-state index contributed by atoms with van der Waals surface area (Å²) in [5.41, 5.74) is 1.39. The Morgan fingerprint density at radius 3 is 2.54 bits per heavy atom. The molecular weight excluding hydrogens is 400 g/mol. The first-order valence-corrected chi connectivity index (χ1v) is 16.1. The maximum atomic E-state index is 12.3. The van der Waals surface area contributed by atoms with E-state index in [1.165, 1.54) is 11.3 Å². The van der Waals surface area contributed by atoms with Crippen LogP contribution in [-0.4, -0.2) is 34.7 Å². The second-order valence-corrected chi connectivity index (χ2v) is 17.9. The van der Waals surface area contributed by atoms with Crippen molar-refractivity contribution in [3.63, 3.8) is 0 Å². The Labute approximate surface area is 181 Å². The third-order valence-corrected chi connectivity index (χ3v) is 14.5. The maximum absolute atomic E-state index is 12.3. The first kappa shape index (κ1) is 24.2. The fraction of sp³-hybridized carbons (Fsp3) is 0.739. The third-order valence-electron chi connectivity index (χ3n) is 6.30. The van der Waals surface area contributed by atoms with Gasteiger partial charge in [0.15, 0.2) is 8.32 Å². The second-order valence-electron chi connectivity index (χ2n) is 9.75. The van der Waals surface area contributed by atoms with Gasteiger partial charge in [0.05, 0.1) is 4.58 Å². The highest BCUT2D eigenvalue weighted by Gasteiger charge is 2.40. The molecule has 1 saturated heterocycles. The van der Waals surface area contributed by atoms with E-state index in [1.807, 2.05) is 11.8 Å². The molecule has 160 valence electrons. The molecule has 1 heterocycles. The van der Waals surface area contributed by atoms with E-state index in [1.54, 1.807) is 0 Å². The Morgan fingerprint density at radius 2 is 1.93 bits per heavy atom. The van der Waals surface area contributed by atoms with Crippen LogP contribution in [0.2, 0.25) is 18.1 Å². The number of rotatable bonds is 9. The molecule has 28 heavy (non-hydrogen) atoms. The van der Waals surface area contributed by atoms with Crippen molar-refractivity contribution in [1.29, 1.82) is 0 Å². The van der Waals surface area contributed by atoms with Gasteiger partial charge in [-0.3, -0.25) is 4.21 Å². The van der Waals surface area contributed by atoms with Crippen molar-refractivity contribution < 1.29 is 8.63 Å². The number of benzene rings is 1. The van der Waals surface area contributed by atoms with Gasteiger partial charge in [0.1, 0.15) is 0 Å². The summed E-state index contributed by atoms with van der Waals surface area (Å²) >= 11 is 1.92. The Balaban J connectivity index is 2.01. The maximum Gasteiger partial charge on any atom is 0.192 e. The van der Waals surface area contributed by atoms with E-state index < -0.39 is 19.1 Å². The van der Waals surface area contributed by atoms with Crippen molar-refractivity contribution in [2.75, 3.05) is 11.5 Å². The molecule has 2 rings (SSSR count). The molecule has 1 aromatic carbocycles. The molecule has 1 aromatic rings. The van der Waals surface area contributed by atoms with Gasteiger partial charge >= 0.3 is 0 Å². The van der Waals surface area contributed by atoms with Gasteiger partial charge in [-0.05, 0) is 67.5 Å². The second kappa shape index (κ2) is 10.8. The van der Waals surface area contributed by atoms with Gasteiger partial charge in [-0.15, -0.1) is 11.8 Å². The van der Waals surface area contributed by atoms with Crippen LogP contribution < -0.4 is 0 Å². The minimum absolute atomic E-state index is 0.221. The average molecular weight is 441 g/mol. The Bertz CT molecular complexity index is 613. The smallest absolute Gasteiger partial charge is 0.192 e. The van der Waals surface area contributed by atoms with Crippen molar-refractivity contribution in [3.05, 3.63) is 35.9 Å². The molecule has 2 nitrogen and oxygen atoms in total. The lowest BCUT2D eigenvalue weighted by Gasteiger charge is -2.41. The molecule has 4 atom stereocenters. The summed E-state index contributed by atoms with van der Waals surface area (Å²) in [5, 5.41) is 0.221. The van der Waals surface area contributed by atoms with E-state index >= 15 is 0 Å². The summed E-state index contributed by atoms with van der Waals surface area (Å²) in [5.74, 6) is 2.55. The van der Waals surface area contributed by atoms with Crippen LogP contribution in [-0.2, 0) is 21.6 Å². The lowest BCUT2D eigenvalue weighted by Crippen LogP contribution is -2.45. The van der Waals surface area contributed by atoms with E-state index in [0.29, 0.717) is 10.5 Å². The molecule has 0 saturated carbocycles. The van der Waals surface area contributed by atoms with Crippen LogP contribution in [0.3, 0.4) is 0 Å². The molecule has 0 aromatic heterocycles.